The minimum atomic E-state index is -3.62. The first-order valence-corrected chi connectivity index (χ1v) is 6.82. The van der Waals surface area contributed by atoms with Crippen molar-refractivity contribution in [2.75, 3.05) is 0 Å². The topological polar surface area (TPSA) is 91.7 Å². The number of rotatable bonds is 3. The second kappa shape index (κ2) is 4.13. The first-order valence-electron chi connectivity index (χ1n) is 5.34. The summed E-state index contributed by atoms with van der Waals surface area (Å²) in [5.74, 6) is -1.66. The summed E-state index contributed by atoms with van der Waals surface area (Å²) < 4.78 is 24.4. The molecule has 0 saturated heterocycles. The number of fused-ring (bicyclic) bond motifs is 1. The lowest BCUT2D eigenvalue weighted by atomic mass is 10.1. The summed E-state index contributed by atoms with van der Waals surface area (Å²) in [4.78, 5) is 10.8. The number of carboxylic acids is 1. The predicted molar refractivity (Wildman–Crippen MR) is 64.7 cm³/mol. The standard InChI is InChI=1S/C12H12O5S/c1-7(4-12(14)15)11-6-8-5-9(13)2-3-10(8)18(11,16)17/h2-3,5-7,13H,4H2,1H3,(H,14,15). The first kappa shape index (κ1) is 12.6. The van der Waals surface area contributed by atoms with Crippen LogP contribution in [0.2, 0.25) is 0 Å². The summed E-state index contributed by atoms with van der Waals surface area (Å²) >= 11 is 0. The summed E-state index contributed by atoms with van der Waals surface area (Å²) in [5.41, 5.74) is 0.405. The van der Waals surface area contributed by atoms with Crippen LogP contribution in [0.5, 0.6) is 5.75 Å². The highest BCUT2D eigenvalue weighted by Crippen LogP contribution is 2.38. The Morgan fingerprint density at radius 1 is 1.39 bits per heavy atom. The van der Waals surface area contributed by atoms with E-state index in [1.807, 2.05) is 0 Å². The third kappa shape index (κ3) is 1.99. The van der Waals surface area contributed by atoms with Gasteiger partial charge in [0.2, 0.25) is 9.84 Å². The van der Waals surface area contributed by atoms with Gasteiger partial charge in [-0.25, -0.2) is 8.42 Å². The lowest BCUT2D eigenvalue weighted by Crippen LogP contribution is -2.12. The van der Waals surface area contributed by atoms with E-state index in [1.165, 1.54) is 24.3 Å². The maximum Gasteiger partial charge on any atom is 0.303 e. The smallest absolute Gasteiger partial charge is 0.303 e. The number of carbonyl (C=O) groups is 1. The fourth-order valence-electron chi connectivity index (χ4n) is 2.02. The van der Waals surface area contributed by atoms with Crippen molar-refractivity contribution in [3.05, 3.63) is 28.7 Å². The van der Waals surface area contributed by atoms with Crippen LogP contribution in [-0.4, -0.2) is 24.6 Å². The second-order valence-corrected chi connectivity index (χ2v) is 6.19. The molecule has 0 fully saturated rings. The summed E-state index contributed by atoms with van der Waals surface area (Å²) in [7, 11) is -3.62. The molecule has 1 atom stereocenters. The minimum Gasteiger partial charge on any atom is -0.508 e. The molecule has 0 bridgehead atoms. The molecule has 1 unspecified atom stereocenters. The second-order valence-electron chi connectivity index (χ2n) is 4.27. The molecule has 6 heteroatoms. The van der Waals surface area contributed by atoms with Crippen molar-refractivity contribution >= 4 is 21.9 Å². The highest BCUT2D eigenvalue weighted by atomic mass is 32.2. The lowest BCUT2D eigenvalue weighted by molar-refractivity contribution is -0.137. The van der Waals surface area contributed by atoms with Gasteiger partial charge >= 0.3 is 5.97 Å². The molecule has 2 rings (SSSR count). The third-order valence-corrected chi connectivity index (χ3v) is 4.95. The number of carboxylic acid groups (broad SMARTS) is 1. The van der Waals surface area contributed by atoms with Gasteiger partial charge in [-0.15, -0.1) is 0 Å². The Hall–Kier alpha value is -1.82. The van der Waals surface area contributed by atoms with Gasteiger partial charge in [0.05, 0.1) is 16.2 Å². The van der Waals surface area contributed by atoms with Crippen molar-refractivity contribution in [2.45, 2.75) is 18.2 Å². The number of phenols is 1. The van der Waals surface area contributed by atoms with E-state index in [2.05, 4.69) is 0 Å². The van der Waals surface area contributed by atoms with E-state index in [9.17, 15) is 18.3 Å². The Morgan fingerprint density at radius 3 is 2.67 bits per heavy atom. The monoisotopic (exact) mass is 268 g/mol. The molecule has 0 saturated carbocycles. The van der Waals surface area contributed by atoms with Gasteiger partial charge in [0.1, 0.15) is 5.75 Å². The van der Waals surface area contributed by atoms with E-state index in [4.69, 9.17) is 5.11 Å². The van der Waals surface area contributed by atoms with E-state index in [0.717, 1.165) is 0 Å². The van der Waals surface area contributed by atoms with Gasteiger partial charge < -0.3 is 10.2 Å². The van der Waals surface area contributed by atoms with Gasteiger partial charge in [0, 0.05) is 5.92 Å². The molecule has 0 spiro atoms. The van der Waals surface area contributed by atoms with E-state index >= 15 is 0 Å². The Balaban J connectivity index is 2.48. The van der Waals surface area contributed by atoms with Crippen LogP contribution in [0.3, 0.4) is 0 Å². The number of benzene rings is 1. The highest BCUT2D eigenvalue weighted by molar-refractivity contribution is 7.95. The summed E-state index contributed by atoms with van der Waals surface area (Å²) in [6, 6.07) is 3.99. The molecule has 0 aliphatic carbocycles. The summed E-state index contributed by atoms with van der Waals surface area (Å²) in [6.07, 6.45) is 1.18. The van der Waals surface area contributed by atoms with Gasteiger partial charge in [0.25, 0.3) is 0 Å². The average molecular weight is 268 g/mol. The minimum absolute atomic E-state index is 0.0210. The zero-order valence-electron chi connectivity index (χ0n) is 9.62. The van der Waals surface area contributed by atoms with Gasteiger partial charge in [-0.3, -0.25) is 4.79 Å². The van der Waals surface area contributed by atoms with Gasteiger partial charge in [-0.2, -0.15) is 0 Å². The van der Waals surface area contributed by atoms with Crippen molar-refractivity contribution in [2.24, 2.45) is 5.92 Å². The number of allylic oxidation sites excluding steroid dienone is 1. The fourth-order valence-corrected chi connectivity index (χ4v) is 3.85. The largest absolute Gasteiger partial charge is 0.508 e. The number of hydrogen-bond donors (Lipinski definition) is 2. The molecule has 18 heavy (non-hydrogen) atoms. The molecule has 5 nitrogen and oxygen atoms in total. The molecule has 0 aromatic heterocycles. The zero-order chi connectivity index (χ0) is 13.5. The molecule has 1 aromatic carbocycles. The predicted octanol–water partition coefficient (Wildman–Crippen LogP) is 1.63. The van der Waals surface area contributed by atoms with Crippen molar-refractivity contribution in [3.8, 4) is 5.75 Å². The van der Waals surface area contributed by atoms with Crippen LogP contribution in [0.1, 0.15) is 18.9 Å². The molecule has 1 aliphatic heterocycles. The first-order chi connectivity index (χ1) is 8.32. The van der Waals surface area contributed by atoms with Gasteiger partial charge in [-0.1, -0.05) is 6.92 Å². The number of hydrogen-bond acceptors (Lipinski definition) is 4. The van der Waals surface area contributed by atoms with E-state index in [-0.39, 0.29) is 22.0 Å². The Morgan fingerprint density at radius 2 is 2.06 bits per heavy atom. The Bertz CT molecular complexity index is 642. The molecule has 96 valence electrons. The fraction of sp³-hybridized carbons (Fsp3) is 0.250. The molecular formula is C12H12O5S. The van der Waals surface area contributed by atoms with Crippen LogP contribution in [0.15, 0.2) is 28.0 Å². The molecular weight excluding hydrogens is 256 g/mol. The van der Waals surface area contributed by atoms with Gasteiger partial charge in [0.15, 0.2) is 0 Å². The van der Waals surface area contributed by atoms with E-state index in [1.54, 1.807) is 6.92 Å². The Kier molecular flexibility index (Phi) is 2.90. The third-order valence-electron chi connectivity index (χ3n) is 2.86. The van der Waals surface area contributed by atoms with Crippen LogP contribution in [0.25, 0.3) is 6.08 Å². The number of sulfone groups is 1. The molecule has 0 amide bonds. The van der Waals surface area contributed by atoms with Gasteiger partial charge in [-0.05, 0) is 29.8 Å². The molecule has 1 heterocycles. The zero-order valence-corrected chi connectivity index (χ0v) is 10.4. The van der Waals surface area contributed by atoms with Crippen molar-refractivity contribution in [1.82, 2.24) is 0 Å². The quantitative estimate of drug-likeness (QED) is 0.869. The van der Waals surface area contributed by atoms with Crippen molar-refractivity contribution < 1.29 is 23.4 Å². The SMILES string of the molecule is CC(CC(=O)O)C1=Cc2cc(O)ccc2S1(=O)=O. The average Bonchev–Trinajstić information content (AvgIpc) is 2.49. The van der Waals surface area contributed by atoms with E-state index in [0.29, 0.717) is 5.56 Å². The number of aromatic hydroxyl groups is 1. The normalized spacial score (nSPS) is 17.9. The van der Waals surface area contributed by atoms with Crippen molar-refractivity contribution in [1.29, 1.82) is 0 Å². The lowest BCUT2D eigenvalue weighted by Gasteiger charge is -2.10. The van der Waals surface area contributed by atoms with Crippen LogP contribution >= 0.6 is 0 Å². The van der Waals surface area contributed by atoms with Crippen LogP contribution in [-0.2, 0) is 14.6 Å². The highest BCUT2D eigenvalue weighted by Gasteiger charge is 2.33. The molecule has 1 aromatic rings. The summed E-state index contributed by atoms with van der Waals surface area (Å²) in [5, 5.41) is 18.0. The molecule has 2 N–H and O–H groups in total. The van der Waals surface area contributed by atoms with Crippen molar-refractivity contribution in [3.63, 3.8) is 0 Å². The molecule has 1 aliphatic rings. The number of aliphatic carboxylic acids is 1. The molecule has 0 radical (unpaired) electrons. The summed E-state index contributed by atoms with van der Waals surface area (Å²) in [6.45, 7) is 1.56. The van der Waals surface area contributed by atoms with Crippen LogP contribution in [0, 0.1) is 5.92 Å². The van der Waals surface area contributed by atoms with E-state index < -0.39 is 21.7 Å². The Labute approximate surface area is 104 Å². The maximum atomic E-state index is 12.2. The van der Waals surface area contributed by atoms with Crippen LogP contribution in [0.4, 0.5) is 0 Å². The number of phenolic OH excluding ortho intramolecular Hbond substituents is 1. The maximum absolute atomic E-state index is 12.2. The van der Waals surface area contributed by atoms with Crippen LogP contribution < -0.4 is 0 Å².